The van der Waals surface area contributed by atoms with Crippen molar-refractivity contribution in [3.05, 3.63) is 48.5 Å². The number of phenols is 1. The van der Waals surface area contributed by atoms with E-state index in [1.54, 1.807) is 31.4 Å². The van der Waals surface area contributed by atoms with Gasteiger partial charge in [0.25, 0.3) is 0 Å². The standard InChI is InChI=1S/C14H14N2O2S/c1-18-13-8-4-11(5-9-13)16-14(19)15-10-2-6-12(17)7-3-10/h2-9,17H,1H3,(H2,15,16,19). The Hall–Kier alpha value is -2.27. The molecular formula is C14H14N2O2S. The summed E-state index contributed by atoms with van der Waals surface area (Å²) in [5, 5.41) is 15.8. The number of methoxy groups -OCH3 is 1. The van der Waals surface area contributed by atoms with Crippen molar-refractivity contribution in [1.82, 2.24) is 0 Å². The topological polar surface area (TPSA) is 53.5 Å². The monoisotopic (exact) mass is 274 g/mol. The number of rotatable bonds is 3. The second-order valence-corrected chi connectivity index (χ2v) is 4.26. The lowest BCUT2D eigenvalue weighted by molar-refractivity contribution is 0.415. The third-order valence-corrected chi connectivity index (χ3v) is 2.68. The molecule has 0 spiro atoms. The van der Waals surface area contributed by atoms with Gasteiger partial charge in [-0.25, -0.2) is 0 Å². The number of phenolic OH excluding ortho intramolecular Hbond substituents is 1. The second kappa shape index (κ2) is 6.06. The van der Waals surface area contributed by atoms with Crippen LogP contribution in [0.1, 0.15) is 0 Å². The molecule has 2 rings (SSSR count). The molecule has 2 aromatic rings. The first-order chi connectivity index (χ1) is 9.17. The summed E-state index contributed by atoms with van der Waals surface area (Å²) in [6.45, 7) is 0. The van der Waals surface area contributed by atoms with Crippen molar-refractivity contribution in [2.45, 2.75) is 0 Å². The van der Waals surface area contributed by atoms with Crippen LogP contribution < -0.4 is 15.4 Å². The van der Waals surface area contributed by atoms with Crippen molar-refractivity contribution in [2.24, 2.45) is 0 Å². The number of hydrogen-bond acceptors (Lipinski definition) is 3. The first-order valence-electron chi connectivity index (χ1n) is 5.68. The number of anilines is 2. The van der Waals surface area contributed by atoms with Gasteiger partial charge in [-0.2, -0.15) is 0 Å². The third-order valence-electron chi connectivity index (χ3n) is 2.47. The van der Waals surface area contributed by atoms with E-state index < -0.39 is 0 Å². The molecule has 0 aliphatic carbocycles. The minimum absolute atomic E-state index is 0.222. The van der Waals surface area contributed by atoms with Crippen LogP contribution in [-0.2, 0) is 0 Å². The number of thiocarbonyl (C=S) groups is 1. The summed E-state index contributed by atoms with van der Waals surface area (Å²) in [5.74, 6) is 1.02. The van der Waals surface area contributed by atoms with Crippen LogP contribution in [0.5, 0.6) is 11.5 Å². The molecule has 0 unspecified atom stereocenters. The van der Waals surface area contributed by atoms with Gasteiger partial charge in [-0.05, 0) is 60.7 Å². The van der Waals surface area contributed by atoms with E-state index >= 15 is 0 Å². The van der Waals surface area contributed by atoms with Crippen LogP contribution in [0, 0.1) is 0 Å². The summed E-state index contributed by atoms with van der Waals surface area (Å²) in [6.07, 6.45) is 0. The van der Waals surface area contributed by atoms with E-state index in [9.17, 15) is 5.11 Å². The second-order valence-electron chi connectivity index (χ2n) is 3.85. The fraction of sp³-hybridized carbons (Fsp3) is 0.0714. The van der Waals surface area contributed by atoms with Gasteiger partial charge in [-0.1, -0.05) is 0 Å². The van der Waals surface area contributed by atoms with Crippen molar-refractivity contribution in [3.8, 4) is 11.5 Å². The van der Waals surface area contributed by atoms with Crippen LogP contribution >= 0.6 is 12.2 Å². The molecule has 0 fully saturated rings. The Morgan fingerprint density at radius 2 is 1.42 bits per heavy atom. The number of aromatic hydroxyl groups is 1. The van der Waals surface area contributed by atoms with Crippen molar-refractivity contribution >= 4 is 28.7 Å². The number of hydrogen-bond donors (Lipinski definition) is 3. The fourth-order valence-corrected chi connectivity index (χ4v) is 1.75. The van der Waals surface area contributed by atoms with Gasteiger partial charge in [0.05, 0.1) is 7.11 Å². The maximum atomic E-state index is 9.19. The quantitative estimate of drug-likeness (QED) is 0.593. The predicted molar refractivity (Wildman–Crippen MR) is 80.9 cm³/mol. The predicted octanol–water partition coefficient (Wildman–Crippen LogP) is 3.21. The lowest BCUT2D eigenvalue weighted by atomic mass is 10.3. The molecule has 0 atom stereocenters. The molecule has 0 amide bonds. The zero-order valence-electron chi connectivity index (χ0n) is 10.4. The molecular weight excluding hydrogens is 260 g/mol. The molecule has 3 N–H and O–H groups in total. The Labute approximate surface area is 117 Å². The van der Waals surface area contributed by atoms with Gasteiger partial charge < -0.3 is 20.5 Å². The smallest absolute Gasteiger partial charge is 0.175 e. The summed E-state index contributed by atoms with van der Waals surface area (Å²) in [6, 6.07) is 14.1. The average molecular weight is 274 g/mol. The van der Waals surface area contributed by atoms with Gasteiger partial charge in [0.1, 0.15) is 11.5 Å². The van der Waals surface area contributed by atoms with Gasteiger partial charge in [-0.15, -0.1) is 0 Å². The van der Waals surface area contributed by atoms with Gasteiger partial charge >= 0.3 is 0 Å². The highest BCUT2D eigenvalue weighted by Gasteiger charge is 1.99. The van der Waals surface area contributed by atoms with E-state index in [-0.39, 0.29) is 5.75 Å². The maximum Gasteiger partial charge on any atom is 0.175 e. The molecule has 19 heavy (non-hydrogen) atoms. The SMILES string of the molecule is COc1ccc(NC(=S)Nc2ccc(O)cc2)cc1. The van der Waals surface area contributed by atoms with Crippen molar-refractivity contribution in [2.75, 3.05) is 17.7 Å². The largest absolute Gasteiger partial charge is 0.508 e. The Morgan fingerprint density at radius 3 is 1.89 bits per heavy atom. The van der Waals surface area contributed by atoms with Crippen LogP contribution in [0.2, 0.25) is 0 Å². The van der Waals surface area contributed by atoms with Gasteiger partial charge in [0, 0.05) is 11.4 Å². The van der Waals surface area contributed by atoms with E-state index in [1.807, 2.05) is 24.3 Å². The van der Waals surface area contributed by atoms with E-state index in [4.69, 9.17) is 17.0 Å². The highest BCUT2D eigenvalue weighted by Crippen LogP contribution is 2.16. The van der Waals surface area contributed by atoms with Crippen LogP contribution in [-0.4, -0.2) is 17.3 Å². The Morgan fingerprint density at radius 1 is 0.947 bits per heavy atom. The Balaban J connectivity index is 1.95. The molecule has 0 saturated heterocycles. The van der Waals surface area contributed by atoms with Crippen LogP contribution in [0.15, 0.2) is 48.5 Å². The fourth-order valence-electron chi connectivity index (χ4n) is 1.51. The number of nitrogens with one attached hydrogen (secondary N) is 2. The van der Waals surface area contributed by atoms with Gasteiger partial charge in [0.2, 0.25) is 0 Å². The molecule has 5 heteroatoms. The molecule has 0 heterocycles. The minimum Gasteiger partial charge on any atom is -0.508 e. The molecule has 0 bridgehead atoms. The molecule has 0 radical (unpaired) electrons. The third kappa shape index (κ3) is 3.86. The number of ether oxygens (including phenoxy) is 1. The van der Waals surface area contributed by atoms with E-state index in [0.717, 1.165) is 17.1 Å². The van der Waals surface area contributed by atoms with Crippen molar-refractivity contribution in [1.29, 1.82) is 0 Å². The lowest BCUT2D eigenvalue weighted by Crippen LogP contribution is -2.18. The molecule has 0 aromatic heterocycles. The van der Waals surface area contributed by atoms with E-state index in [0.29, 0.717) is 5.11 Å². The Kier molecular flexibility index (Phi) is 4.20. The maximum absolute atomic E-state index is 9.19. The van der Waals surface area contributed by atoms with Gasteiger partial charge in [0.15, 0.2) is 5.11 Å². The zero-order valence-corrected chi connectivity index (χ0v) is 11.2. The lowest BCUT2D eigenvalue weighted by Gasteiger charge is -2.11. The van der Waals surface area contributed by atoms with E-state index in [1.165, 1.54) is 0 Å². The van der Waals surface area contributed by atoms with Crippen LogP contribution in [0.25, 0.3) is 0 Å². The molecule has 98 valence electrons. The normalized spacial score (nSPS) is 9.74. The molecule has 0 saturated carbocycles. The average Bonchev–Trinajstić information content (AvgIpc) is 2.42. The summed E-state index contributed by atoms with van der Waals surface area (Å²) in [5.41, 5.74) is 1.68. The highest BCUT2D eigenvalue weighted by atomic mass is 32.1. The highest BCUT2D eigenvalue weighted by molar-refractivity contribution is 7.80. The first kappa shape index (κ1) is 13.2. The summed E-state index contributed by atoms with van der Waals surface area (Å²) < 4.78 is 5.08. The Bertz CT molecular complexity index is 553. The zero-order chi connectivity index (χ0) is 13.7. The van der Waals surface area contributed by atoms with Gasteiger partial charge in [-0.3, -0.25) is 0 Å². The summed E-state index contributed by atoms with van der Waals surface area (Å²) in [4.78, 5) is 0. The van der Waals surface area contributed by atoms with Crippen LogP contribution in [0.3, 0.4) is 0 Å². The molecule has 2 aromatic carbocycles. The molecule has 4 nitrogen and oxygen atoms in total. The minimum atomic E-state index is 0.222. The first-order valence-corrected chi connectivity index (χ1v) is 6.09. The van der Waals surface area contributed by atoms with E-state index in [2.05, 4.69) is 10.6 Å². The summed E-state index contributed by atoms with van der Waals surface area (Å²) in [7, 11) is 1.62. The molecule has 0 aliphatic heterocycles. The van der Waals surface area contributed by atoms with Crippen molar-refractivity contribution < 1.29 is 9.84 Å². The van der Waals surface area contributed by atoms with Crippen LogP contribution in [0.4, 0.5) is 11.4 Å². The number of benzene rings is 2. The summed E-state index contributed by atoms with van der Waals surface area (Å²) >= 11 is 5.20. The van der Waals surface area contributed by atoms with Crippen molar-refractivity contribution in [3.63, 3.8) is 0 Å². The molecule has 0 aliphatic rings.